The molecule has 31 heavy (non-hydrogen) atoms. The van der Waals surface area contributed by atoms with Crippen LogP contribution in [0.3, 0.4) is 0 Å². The minimum Gasteiger partial charge on any atom is -0.362 e. The van der Waals surface area contributed by atoms with Gasteiger partial charge in [0.1, 0.15) is 11.4 Å². The Morgan fingerprint density at radius 3 is 2.48 bits per heavy atom. The van der Waals surface area contributed by atoms with Crippen LogP contribution >= 0.6 is 0 Å². The van der Waals surface area contributed by atoms with Crippen molar-refractivity contribution in [2.75, 3.05) is 18.9 Å². The van der Waals surface area contributed by atoms with Crippen LogP contribution in [0.25, 0.3) is 0 Å². The number of carbonyl (C=O) groups excluding carboxylic acids is 2. The molecule has 2 aliphatic rings. The fraction of sp³-hybridized carbons (Fsp3) is 0.591. The van der Waals surface area contributed by atoms with Gasteiger partial charge in [-0.2, -0.15) is 8.42 Å². The van der Waals surface area contributed by atoms with Crippen LogP contribution in [0.15, 0.2) is 33.6 Å². The number of rotatable bonds is 5. The minimum absolute atomic E-state index is 0.0349. The molecule has 8 nitrogen and oxygen atoms in total. The van der Waals surface area contributed by atoms with Crippen molar-refractivity contribution in [2.45, 2.75) is 75.1 Å². The summed E-state index contributed by atoms with van der Waals surface area (Å²) in [6.45, 7) is 2.19. The lowest BCUT2D eigenvalue weighted by molar-refractivity contribution is -0.130. The summed E-state index contributed by atoms with van der Waals surface area (Å²) in [4.78, 5) is 26.7. The van der Waals surface area contributed by atoms with Gasteiger partial charge in [-0.05, 0) is 43.9 Å². The molecule has 1 aliphatic carbocycles. The lowest BCUT2D eigenvalue weighted by atomic mass is 9.80. The summed E-state index contributed by atoms with van der Waals surface area (Å²) in [5.74, 6) is 0.00208. The molecule has 1 saturated carbocycles. The summed E-state index contributed by atoms with van der Waals surface area (Å²) in [6, 6.07) is 6.14. The number of nitrogens with zero attached hydrogens (tertiary/aromatic N) is 2. The summed E-state index contributed by atoms with van der Waals surface area (Å²) < 4.78 is 29.9. The zero-order valence-electron chi connectivity index (χ0n) is 18.3. The zero-order valence-corrected chi connectivity index (χ0v) is 19.1. The van der Waals surface area contributed by atoms with Gasteiger partial charge in [0.2, 0.25) is 11.8 Å². The van der Waals surface area contributed by atoms with Gasteiger partial charge in [-0.1, -0.05) is 31.7 Å². The Kier molecular flexibility index (Phi) is 7.35. The number of likely N-dealkylation sites (tertiary alicyclic amines) is 1. The van der Waals surface area contributed by atoms with E-state index >= 15 is 0 Å². The average Bonchev–Trinajstić information content (AvgIpc) is 2.92. The number of nitrogens with one attached hydrogen (secondary N) is 2. The molecule has 0 atom stereocenters. The van der Waals surface area contributed by atoms with Gasteiger partial charge in [0.05, 0.1) is 4.90 Å². The molecule has 9 heteroatoms. The van der Waals surface area contributed by atoms with Crippen molar-refractivity contribution in [3.63, 3.8) is 0 Å². The number of hydrogen-bond donors (Lipinski definition) is 2. The molecule has 2 N–H and O–H groups in total. The Morgan fingerprint density at radius 1 is 1.06 bits per heavy atom. The molecule has 170 valence electrons. The summed E-state index contributed by atoms with van der Waals surface area (Å²) in [7, 11) is -2.04. The topological polar surface area (TPSA) is 108 Å². The summed E-state index contributed by atoms with van der Waals surface area (Å²) in [5.41, 5.74) is -0.585. The Hall–Kier alpha value is -2.42. The van der Waals surface area contributed by atoms with Crippen LogP contribution in [0.4, 0.5) is 5.69 Å². The molecule has 3 rings (SSSR count). The molecule has 2 fully saturated rings. The van der Waals surface area contributed by atoms with Crippen LogP contribution < -0.4 is 10.6 Å². The summed E-state index contributed by atoms with van der Waals surface area (Å²) in [5, 5.41) is 5.64. The Balaban J connectivity index is 1.82. The van der Waals surface area contributed by atoms with Crippen LogP contribution in [-0.2, 0) is 19.6 Å². The van der Waals surface area contributed by atoms with Gasteiger partial charge in [-0.25, -0.2) is 0 Å². The summed E-state index contributed by atoms with van der Waals surface area (Å²) >= 11 is 0. The average molecular weight is 449 g/mol. The quantitative estimate of drug-likeness (QED) is 0.720. The van der Waals surface area contributed by atoms with Crippen LogP contribution in [-0.4, -0.2) is 50.1 Å². The lowest BCUT2D eigenvalue weighted by Gasteiger charge is -2.36. The summed E-state index contributed by atoms with van der Waals surface area (Å²) in [6.07, 6.45) is 7.49. The van der Waals surface area contributed by atoms with Gasteiger partial charge in [0.15, 0.2) is 0 Å². The van der Waals surface area contributed by atoms with E-state index in [1.54, 1.807) is 12.1 Å². The van der Waals surface area contributed by atoms with Gasteiger partial charge in [-0.3, -0.25) is 9.59 Å². The SMILES string of the molecule is CC(=O)NC1(C(=O)Nc2cccc(S(=O)(=O)/N=C3\CCCCCN3C)c2)CCCCC1. The number of benzene rings is 1. The highest BCUT2D eigenvalue weighted by atomic mass is 32.2. The van der Waals surface area contributed by atoms with Crippen molar-refractivity contribution in [1.82, 2.24) is 10.2 Å². The molecule has 1 aromatic carbocycles. The predicted octanol–water partition coefficient (Wildman–Crippen LogP) is 3.06. The third kappa shape index (κ3) is 5.84. The molecule has 1 aromatic rings. The number of sulfonamides is 1. The highest BCUT2D eigenvalue weighted by Crippen LogP contribution is 2.30. The largest absolute Gasteiger partial charge is 0.362 e. The minimum atomic E-state index is -3.90. The van der Waals surface area contributed by atoms with Gasteiger partial charge >= 0.3 is 0 Å². The molecule has 1 heterocycles. The van der Waals surface area contributed by atoms with E-state index in [0.29, 0.717) is 30.8 Å². The van der Waals surface area contributed by atoms with E-state index in [9.17, 15) is 18.0 Å². The molecule has 0 spiro atoms. The standard InChI is InChI=1S/C22H32N4O4S/c1-17(27)24-22(13-6-4-7-14-22)21(28)23-18-10-9-11-19(16-18)31(29,30)25-20-12-5-3-8-15-26(20)2/h9-11,16H,3-8,12-15H2,1-2H3,(H,23,28)(H,24,27)/b25-20+. The highest BCUT2D eigenvalue weighted by molar-refractivity contribution is 7.90. The second-order valence-corrected chi connectivity index (χ2v) is 10.1. The predicted molar refractivity (Wildman–Crippen MR) is 120 cm³/mol. The zero-order chi connectivity index (χ0) is 22.5. The Morgan fingerprint density at radius 2 is 1.77 bits per heavy atom. The third-order valence-electron chi connectivity index (χ3n) is 6.01. The number of carbonyl (C=O) groups is 2. The monoisotopic (exact) mass is 448 g/mol. The second kappa shape index (κ2) is 9.80. The van der Waals surface area contributed by atoms with Crippen LogP contribution in [0.2, 0.25) is 0 Å². The first kappa shape index (κ1) is 23.2. The molecule has 0 aromatic heterocycles. The maximum absolute atomic E-state index is 13.1. The van der Waals surface area contributed by atoms with E-state index in [2.05, 4.69) is 15.0 Å². The third-order valence-corrected chi connectivity index (χ3v) is 7.31. The van der Waals surface area contributed by atoms with Crippen molar-refractivity contribution in [2.24, 2.45) is 4.40 Å². The molecule has 1 aliphatic heterocycles. The van der Waals surface area contributed by atoms with Gasteiger partial charge in [-0.15, -0.1) is 4.40 Å². The number of amides is 2. The molecule has 2 amide bonds. The van der Waals surface area contributed by atoms with Crippen molar-refractivity contribution >= 4 is 33.4 Å². The van der Waals surface area contributed by atoms with Crippen LogP contribution in [0.5, 0.6) is 0 Å². The molecule has 0 radical (unpaired) electrons. The van der Waals surface area contributed by atoms with Gasteiger partial charge in [0, 0.05) is 32.6 Å². The molecule has 1 saturated heterocycles. The Bertz CT molecular complexity index is 952. The van der Waals surface area contributed by atoms with Gasteiger partial charge < -0.3 is 15.5 Å². The normalized spacial score (nSPS) is 20.7. The molecular weight excluding hydrogens is 416 g/mol. The second-order valence-electron chi connectivity index (χ2n) is 8.52. The first-order valence-electron chi connectivity index (χ1n) is 11.0. The number of hydrogen-bond acceptors (Lipinski definition) is 4. The number of anilines is 1. The Labute approximate surface area is 184 Å². The van der Waals surface area contributed by atoms with Crippen molar-refractivity contribution in [1.29, 1.82) is 0 Å². The highest BCUT2D eigenvalue weighted by Gasteiger charge is 2.40. The van der Waals surface area contributed by atoms with Crippen molar-refractivity contribution in [3.8, 4) is 0 Å². The fourth-order valence-electron chi connectivity index (χ4n) is 4.32. The van der Waals surface area contributed by atoms with E-state index in [0.717, 1.165) is 45.1 Å². The van der Waals surface area contributed by atoms with Crippen molar-refractivity contribution in [3.05, 3.63) is 24.3 Å². The van der Waals surface area contributed by atoms with Crippen LogP contribution in [0.1, 0.15) is 64.7 Å². The maximum Gasteiger partial charge on any atom is 0.284 e. The molecule has 0 bridgehead atoms. The fourth-order valence-corrected chi connectivity index (χ4v) is 5.46. The van der Waals surface area contributed by atoms with E-state index in [1.165, 1.54) is 19.1 Å². The lowest BCUT2D eigenvalue weighted by Crippen LogP contribution is -2.57. The van der Waals surface area contributed by atoms with E-state index in [1.807, 2.05) is 11.9 Å². The molecular formula is C22H32N4O4S. The first-order valence-corrected chi connectivity index (χ1v) is 12.4. The smallest absolute Gasteiger partial charge is 0.284 e. The van der Waals surface area contributed by atoms with Crippen molar-refractivity contribution < 1.29 is 18.0 Å². The number of amidine groups is 1. The van der Waals surface area contributed by atoms with Gasteiger partial charge in [0.25, 0.3) is 10.0 Å². The van der Waals surface area contributed by atoms with E-state index < -0.39 is 15.6 Å². The maximum atomic E-state index is 13.1. The first-order chi connectivity index (χ1) is 14.7. The molecule has 0 unspecified atom stereocenters. The van der Waals surface area contributed by atoms with E-state index in [-0.39, 0.29) is 16.7 Å². The van der Waals surface area contributed by atoms with Crippen LogP contribution in [0, 0.1) is 0 Å². The van der Waals surface area contributed by atoms with E-state index in [4.69, 9.17) is 0 Å².